The third-order valence-corrected chi connectivity index (χ3v) is 0.347. The minimum Gasteiger partial charge on any atom is -0.452 e. The molecule has 0 aliphatic carbocycles. The Morgan fingerprint density at radius 1 is 1.75 bits per heavy atom. The Bertz CT molecular complexity index is 101. The van der Waals surface area contributed by atoms with E-state index < -0.39 is 8.69 Å². The molecular weight excluding hydrogens is 129 g/mol. The molecule has 0 saturated carbocycles. The first kappa shape index (κ1) is 7.27. The van der Waals surface area contributed by atoms with Crippen LogP contribution < -0.4 is 0 Å². The van der Waals surface area contributed by atoms with Crippen LogP contribution in [0, 0.1) is 0 Å². The smallest absolute Gasteiger partial charge is 0.324 e. The van der Waals surface area contributed by atoms with E-state index in [-0.39, 0.29) is 0 Å². The molecule has 0 aromatic carbocycles. The Morgan fingerprint density at radius 3 is 2.50 bits per heavy atom. The number of nitrogens with zero attached hydrogens (tertiary/aromatic N) is 1. The van der Waals surface area contributed by atoms with E-state index in [1.54, 1.807) is 6.20 Å². The third-order valence-electron chi connectivity index (χ3n) is 0.347. The summed E-state index contributed by atoms with van der Waals surface area (Å²) in [6.07, 6.45) is 4.47. The molecule has 1 heterocycles. The molecule has 0 unspecified atom stereocenters. The first-order chi connectivity index (χ1) is 3.91. The first-order valence-corrected chi connectivity index (χ1v) is 2.47. The molecular formula is C3H4NO3P. The summed E-state index contributed by atoms with van der Waals surface area (Å²) < 4.78 is 12.9. The van der Waals surface area contributed by atoms with Gasteiger partial charge < -0.3 is 9.31 Å². The Labute approximate surface area is 47.5 Å². The molecule has 4 nitrogen and oxygen atoms in total. The average molecular weight is 133 g/mol. The van der Waals surface area contributed by atoms with Gasteiger partial charge in [0.2, 0.25) is 0 Å². The lowest BCUT2D eigenvalue weighted by atomic mass is 11.0. The number of aromatic nitrogens is 1. The van der Waals surface area contributed by atoms with Crippen molar-refractivity contribution >= 4 is 8.69 Å². The molecule has 0 aliphatic rings. The summed E-state index contributed by atoms with van der Waals surface area (Å²) >= 11 is 0. The maximum absolute atomic E-state index is 8.46. The quantitative estimate of drug-likeness (QED) is 0.533. The minimum atomic E-state index is -0.833. The summed E-state index contributed by atoms with van der Waals surface area (Å²) in [5.74, 6) is 0. The highest BCUT2D eigenvalue weighted by atomic mass is 31.1. The van der Waals surface area contributed by atoms with Gasteiger partial charge in [-0.05, 0) is 0 Å². The van der Waals surface area contributed by atoms with Crippen LogP contribution in [-0.2, 0) is 4.57 Å². The highest BCUT2D eigenvalue weighted by Gasteiger charge is 1.59. The van der Waals surface area contributed by atoms with E-state index in [0.29, 0.717) is 0 Å². The molecule has 0 radical (unpaired) electrons. The Morgan fingerprint density at radius 2 is 2.38 bits per heavy atom. The standard InChI is InChI=1S/C3H3NO.HO2P/c1-2-5-3-4-1;1-3-2/h1-3H;(H,1,2). The summed E-state index contributed by atoms with van der Waals surface area (Å²) in [5, 5.41) is 0. The zero-order chi connectivity index (χ0) is 6.24. The van der Waals surface area contributed by atoms with Crippen LogP contribution in [0.4, 0.5) is 0 Å². The lowest BCUT2D eigenvalue weighted by Gasteiger charge is -1.47. The number of oxazole rings is 1. The van der Waals surface area contributed by atoms with Crippen molar-refractivity contribution in [2.75, 3.05) is 0 Å². The maximum Gasteiger partial charge on any atom is 0.324 e. The van der Waals surface area contributed by atoms with E-state index in [1.165, 1.54) is 12.7 Å². The Hall–Kier alpha value is -0.730. The molecule has 0 bridgehead atoms. The fourth-order valence-electron chi connectivity index (χ4n) is 0.176. The minimum absolute atomic E-state index is 0.833. The fourth-order valence-corrected chi connectivity index (χ4v) is 0.176. The van der Waals surface area contributed by atoms with E-state index in [1.807, 2.05) is 0 Å². The van der Waals surface area contributed by atoms with Crippen LogP contribution in [0.15, 0.2) is 23.3 Å². The largest absolute Gasteiger partial charge is 0.452 e. The number of hydrogen-bond donors (Lipinski definition) is 1. The van der Waals surface area contributed by atoms with Crippen molar-refractivity contribution in [1.82, 2.24) is 4.98 Å². The van der Waals surface area contributed by atoms with Crippen LogP contribution in [0.2, 0.25) is 0 Å². The molecule has 0 aliphatic heterocycles. The summed E-state index contributed by atoms with van der Waals surface area (Å²) in [6.45, 7) is 0. The zero-order valence-corrected chi connectivity index (χ0v) is 4.78. The lowest BCUT2D eigenvalue weighted by molar-refractivity contribution is 0.524. The van der Waals surface area contributed by atoms with Gasteiger partial charge in [0.1, 0.15) is 6.26 Å². The molecule has 0 saturated heterocycles. The Balaban J connectivity index is 0.000000145. The van der Waals surface area contributed by atoms with Crippen LogP contribution in [-0.4, -0.2) is 9.88 Å². The average Bonchev–Trinajstić information content (AvgIpc) is 2.17. The van der Waals surface area contributed by atoms with Gasteiger partial charge in [-0.3, -0.25) is 0 Å². The van der Waals surface area contributed by atoms with Crippen molar-refractivity contribution in [2.24, 2.45) is 0 Å². The molecule has 1 aromatic heterocycles. The number of rotatable bonds is 0. The van der Waals surface area contributed by atoms with Gasteiger partial charge in [-0.2, -0.15) is 0 Å². The van der Waals surface area contributed by atoms with Gasteiger partial charge in [-0.1, -0.05) is 0 Å². The van der Waals surface area contributed by atoms with Gasteiger partial charge in [0.05, 0.1) is 6.20 Å². The van der Waals surface area contributed by atoms with E-state index in [9.17, 15) is 0 Å². The van der Waals surface area contributed by atoms with E-state index in [4.69, 9.17) is 9.46 Å². The fraction of sp³-hybridized carbons (Fsp3) is 0. The lowest BCUT2D eigenvalue weighted by Crippen LogP contribution is -1.38. The first-order valence-electron chi connectivity index (χ1n) is 1.70. The molecule has 44 valence electrons. The summed E-state index contributed by atoms with van der Waals surface area (Å²) in [4.78, 5) is 10.5. The van der Waals surface area contributed by atoms with Crippen LogP contribution in [0.3, 0.4) is 0 Å². The van der Waals surface area contributed by atoms with E-state index in [0.717, 1.165) is 0 Å². The molecule has 0 fully saturated rings. The molecule has 5 heteroatoms. The predicted molar refractivity (Wildman–Crippen MR) is 26.3 cm³/mol. The topological polar surface area (TPSA) is 63.3 Å². The predicted octanol–water partition coefficient (Wildman–Crippen LogP) is 0.860. The highest BCUT2D eigenvalue weighted by molar-refractivity contribution is 7.16. The summed E-state index contributed by atoms with van der Waals surface area (Å²) in [5.41, 5.74) is 0. The second kappa shape index (κ2) is 6.27. The molecule has 0 atom stereocenters. The molecule has 1 aromatic rings. The molecule has 0 amide bonds. The van der Waals surface area contributed by atoms with Crippen LogP contribution in [0.25, 0.3) is 0 Å². The van der Waals surface area contributed by atoms with Crippen LogP contribution >= 0.6 is 8.69 Å². The van der Waals surface area contributed by atoms with Gasteiger partial charge >= 0.3 is 8.69 Å². The molecule has 1 rings (SSSR count). The second-order valence-electron chi connectivity index (χ2n) is 0.757. The van der Waals surface area contributed by atoms with Gasteiger partial charge in [-0.25, -0.2) is 9.55 Å². The Kier molecular flexibility index (Phi) is 5.70. The third kappa shape index (κ3) is 5.27. The maximum atomic E-state index is 8.46. The second-order valence-corrected chi connectivity index (χ2v) is 0.921. The van der Waals surface area contributed by atoms with Crippen molar-refractivity contribution in [3.8, 4) is 0 Å². The molecule has 0 spiro atoms. The number of hydrogen-bond acceptors (Lipinski definition) is 3. The monoisotopic (exact) mass is 133 g/mol. The van der Waals surface area contributed by atoms with Crippen molar-refractivity contribution < 1.29 is 13.9 Å². The van der Waals surface area contributed by atoms with E-state index >= 15 is 0 Å². The highest BCUT2D eigenvalue weighted by Crippen LogP contribution is 1.72. The van der Waals surface area contributed by atoms with Crippen molar-refractivity contribution in [1.29, 1.82) is 0 Å². The van der Waals surface area contributed by atoms with Crippen LogP contribution in [0.1, 0.15) is 0 Å². The van der Waals surface area contributed by atoms with Gasteiger partial charge in [0, 0.05) is 0 Å². The molecule has 8 heavy (non-hydrogen) atoms. The van der Waals surface area contributed by atoms with Crippen LogP contribution in [0.5, 0.6) is 0 Å². The van der Waals surface area contributed by atoms with Crippen molar-refractivity contribution in [3.05, 3.63) is 18.9 Å². The van der Waals surface area contributed by atoms with Gasteiger partial charge in [-0.15, -0.1) is 0 Å². The summed E-state index contributed by atoms with van der Waals surface area (Å²) in [6, 6.07) is 0. The normalized spacial score (nSPS) is 7.62. The summed E-state index contributed by atoms with van der Waals surface area (Å²) in [7, 11) is -0.833. The van der Waals surface area contributed by atoms with Gasteiger partial charge in [0.15, 0.2) is 6.39 Å². The van der Waals surface area contributed by atoms with Crippen molar-refractivity contribution in [2.45, 2.75) is 0 Å². The van der Waals surface area contributed by atoms with E-state index in [2.05, 4.69) is 9.40 Å². The van der Waals surface area contributed by atoms with Crippen molar-refractivity contribution in [3.63, 3.8) is 0 Å². The SMILES string of the molecule is O=PO.c1cocn1. The van der Waals surface area contributed by atoms with Gasteiger partial charge in [0.25, 0.3) is 0 Å². The molecule has 1 N–H and O–H groups in total. The zero-order valence-electron chi connectivity index (χ0n) is 3.89.